The molecule has 0 bridgehead atoms. The topological polar surface area (TPSA) is 227 Å². The molecule has 0 aliphatic carbocycles. The number of halogens is 9. The zero-order chi connectivity index (χ0) is 51.0. The Hall–Kier alpha value is -8.06. The number of hydrogen-bond acceptors (Lipinski definition) is 16. The largest absolute Gasteiger partial charge is 0.573 e. The molecule has 5 aromatic carbocycles. The van der Waals surface area contributed by atoms with Gasteiger partial charge in [-0.25, -0.2) is 0 Å². The summed E-state index contributed by atoms with van der Waals surface area (Å²) >= 11 is 0. The Kier molecular flexibility index (Phi) is 23.2. The summed E-state index contributed by atoms with van der Waals surface area (Å²) in [5.74, 6) is 1.11. The molecule has 0 saturated heterocycles. The van der Waals surface area contributed by atoms with Crippen molar-refractivity contribution in [2.24, 2.45) is 15.4 Å². The zero-order valence-electron chi connectivity index (χ0n) is 36.1. The van der Waals surface area contributed by atoms with Crippen molar-refractivity contribution < 1.29 is 92.0 Å². The van der Waals surface area contributed by atoms with Crippen LogP contribution < -0.4 is 54.1 Å². The Balaban J connectivity index is 0.000000458. The van der Waals surface area contributed by atoms with Crippen molar-refractivity contribution in [3.8, 4) is 51.7 Å². The van der Waals surface area contributed by atoms with E-state index in [9.17, 15) is 44.4 Å². The quantitative estimate of drug-likeness (QED) is 0.0457. The average molecular weight is 968 g/mol. The van der Waals surface area contributed by atoms with Crippen LogP contribution in [-0.4, -0.2) is 72.8 Å². The predicted molar refractivity (Wildman–Crippen MR) is 223 cm³/mol. The molecule has 17 nitrogen and oxygen atoms in total. The number of benzene rings is 5. The molecule has 5 aromatic rings. The number of hydrogen-bond donors (Lipinski definition) is 3. The highest BCUT2D eigenvalue weighted by molar-refractivity contribution is 5.63. The van der Waals surface area contributed by atoms with Gasteiger partial charge < -0.3 is 59.2 Å². The fourth-order valence-electron chi connectivity index (χ4n) is 4.43. The minimum Gasteiger partial charge on any atom is -0.493 e. The number of carboxylic acid groups (broad SMARTS) is 1. The predicted octanol–water partition coefficient (Wildman–Crippen LogP) is 11.6. The third kappa shape index (κ3) is 23.4. The van der Waals surface area contributed by atoms with Crippen LogP contribution in [0.2, 0.25) is 0 Å². The fraction of sp³-hybridized carbons (Fsp3) is 0.244. The Bertz CT molecular complexity index is 2240. The smallest absolute Gasteiger partial charge is 0.493 e. The Morgan fingerprint density at radius 2 is 0.746 bits per heavy atom. The monoisotopic (exact) mass is 967 g/mol. The lowest BCUT2D eigenvalue weighted by Crippen LogP contribution is -2.16. The number of azo groups is 1. The van der Waals surface area contributed by atoms with E-state index in [1.807, 2.05) is 0 Å². The van der Waals surface area contributed by atoms with E-state index in [4.69, 9.17) is 49.8 Å². The zero-order valence-corrected chi connectivity index (χ0v) is 36.1. The second-order valence-corrected chi connectivity index (χ2v) is 11.9. The maximum atomic E-state index is 12.1. The highest BCUT2D eigenvalue weighted by Crippen LogP contribution is 2.41. The second-order valence-electron chi connectivity index (χ2n) is 11.9. The van der Waals surface area contributed by atoms with Gasteiger partial charge in [0.05, 0.1) is 54.0 Å². The molecular weight excluding hydrogens is 925 g/mol. The number of methoxy groups -OCH3 is 6. The van der Waals surface area contributed by atoms with Crippen LogP contribution in [0, 0.1) is 4.91 Å². The van der Waals surface area contributed by atoms with Crippen LogP contribution in [-0.2, 0) is 4.79 Å². The number of ether oxygens (including phenoxy) is 9. The van der Waals surface area contributed by atoms with Gasteiger partial charge in [0, 0.05) is 42.6 Å². The molecule has 0 heterocycles. The van der Waals surface area contributed by atoms with Gasteiger partial charge in [0.25, 0.3) is 5.97 Å². The molecule has 67 heavy (non-hydrogen) atoms. The first-order valence-corrected chi connectivity index (χ1v) is 17.9. The fourth-order valence-corrected chi connectivity index (χ4v) is 4.43. The molecule has 0 aliphatic rings. The van der Waals surface area contributed by atoms with Gasteiger partial charge in [-0.15, -0.1) is 44.4 Å². The number of nitrogen functional groups attached to an aromatic ring is 2. The van der Waals surface area contributed by atoms with E-state index in [0.717, 1.165) is 55.5 Å². The molecule has 0 amide bonds. The number of rotatable bonds is 12. The maximum absolute atomic E-state index is 12.1. The van der Waals surface area contributed by atoms with Crippen LogP contribution >= 0.6 is 0 Å². The normalized spacial score (nSPS) is 10.6. The third-order valence-corrected chi connectivity index (χ3v) is 6.98. The summed E-state index contributed by atoms with van der Waals surface area (Å²) in [6.45, 7) is 1.08. The molecule has 26 heteroatoms. The standard InChI is InChI=1S/C16H15F3N2O4.C9H13NO3.C7H4F3NO2.C7H6F3NO.C2H4O2/c1-22-13-8-11(9-14(23-2)15(13)24-3)21-20-10-4-6-12(7-5-10)25-16(17,18)19;1-11-7-4-6(10)5-8(12-2)9(7)13-3;8-7(9,10)13-6-3-1-5(11-12)2-4-6;8-7(9,10)12-6-3-1-5(11)2-4-6;1-2(3)4/h4-9H,1-3H3;4-5H,10H2,1-3H3;1-4H;1-4H,11H2;1H3,(H,3,4). The average Bonchev–Trinajstić information content (AvgIpc) is 3.25. The van der Waals surface area contributed by atoms with Crippen molar-refractivity contribution in [1.82, 2.24) is 0 Å². The second kappa shape index (κ2) is 27.3. The number of anilines is 2. The molecule has 0 aromatic heterocycles. The molecule has 0 unspecified atom stereocenters. The molecule has 5 N–H and O–H groups in total. The summed E-state index contributed by atoms with van der Waals surface area (Å²) in [5.41, 5.74) is 12.7. The van der Waals surface area contributed by atoms with E-state index in [-0.39, 0.29) is 22.9 Å². The van der Waals surface area contributed by atoms with E-state index in [1.165, 1.54) is 45.6 Å². The number of nitrogens with zero attached hydrogens (tertiary/aromatic N) is 3. The molecule has 0 radical (unpaired) electrons. The molecule has 0 spiro atoms. The van der Waals surface area contributed by atoms with Gasteiger partial charge in [-0.05, 0) is 78.0 Å². The summed E-state index contributed by atoms with van der Waals surface area (Å²) in [7, 11) is 9.07. The maximum Gasteiger partial charge on any atom is 0.573 e. The van der Waals surface area contributed by atoms with Crippen LogP contribution in [0.1, 0.15) is 6.92 Å². The van der Waals surface area contributed by atoms with Gasteiger partial charge in [-0.2, -0.15) is 10.2 Å². The summed E-state index contributed by atoms with van der Waals surface area (Å²) in [4.78, 5) is 18.9. The van der Waals surface area contributed by atoms with Gasteiger partial charge in [-0.3, -0.25) is 4.79 Å². The van der Waals surface area contributed by atoms with E-state index in [1.54, 1.807) is 45.6 Å². The Labute approximate surface area is 375 Å². The van der Waals surface area contributed by atoms with Gasteiger partial charge in [0.1, 0.15) is 22.9 Å². The van der Waals surface area contributed by atoms with E-state index in [0.29, 0.717) is 57.2 Å². The van der Waals surface area contributed by atoms with Crippen molar-refractivity contribution in [3.63, 3.8) is 0 Å². The van der Waals surface area contributed by atoms with Crippen LogP contribution in [0.5, 0.6) is 51.7 Å². The SMILES string of the molecule is CC(=O)O.COc1cc(N)cc(OC)c1OC.COc1cc(N=Nc2ccc(OC(F)(F)F)cc2)cc(OC)c1OC.Nc1ccc(OC(F)(F)F)cc1.O=Nc1ccc(OC(F)(F)F)cc1. The molecular formula is C41H42F9N5O12. The van der Waals surface area contributed by atoms with E-state index < -0.39 is 25.1 Å². The molecule has 0 atom stereocenters. The number of alkyl halides is 9. The molecule has 5 rings (SSSR count). The minimum absolute atomic E-state index is 0.0505. The Morgan fingerprint density at radius 1 is 0.463 bits per heavy atom. The van der Waals surface area contributed by atoms with Crippen molar-refractivity contribution in [2.75, 3.05) is 54.1 Å². The number of aliphatic carboxylic acids is 1. The minimum atomic E-state index is -4.74. The highest BCUT2D eigenvalue weighted by Gasteiger charge is 2.32. The lowest BCUT2D eigenvalue weighted by molar-refractivity contribution is -0.275. The third-order valence-electron chi connectivity index (χ3n) is 6.98. The number of nitroso groups, excluding NO2 is 1. The van der Waals surface area contributed by atoms with Crippen LogP contribution in [0.4, 0.5) is 68.0 Å². The highest BCUT2D eigenvalue weighted by atomic mass is 19.4. The lowest BCUT2D eigenvalue weighted by Gasteiger charge is -2.12. The number of carboxylic acids is 1. The van der Waals surface area contributed by atoms with Crippen molar-refractivity contribution in [2.45, 2.75) is 26.0 Å². The van der Waals surface area contributed by atoms with Crippen LogP contribution in [0.3, 0.4) is 0 Å². The van der Waals surface area contributed by atoms with Gasteiger partial charge in [-0.1, -0.05) is 0 Å². The number of nitrogens with two attached hydrogens (primary N) is 2. The van der Waals surface area contributed by atoms with Crippen LogP contribution in [0.15, 0.2) is 112 Å². The van der Waals surface area contributed by atoms with Crippen molar-refractivity contribution in [3.05, 3.63) is 102 Å². The lowest BCUT2D eigenvalue weighted by atomic mass is 10.2. The first kappa shape index (κ1) is 57.0. The molecule has 0 aliphatic heterocycles. The summed E-state index contributed by atoms with van der Waals surface area (Å²) in [6, 6.07) is 20.8. The number of carbonyl (C=O) groups is 1. The first-order chi connectivity index (χ1) is 31.3. The molecule has 0 saturated carbocycles. The summed E-state index contributed by atoms with van der Waals surface area (Å²) < 4.78 is 148. The summed E-state index contributed by atoms with van der Waals surface area (Å²) in [6.07, 6.45) is -14.1. The van der Waals surface area contributed by atoms with Crippen molar-refractivity contribution in [1.29, 1.82) is 0 Å². The molecule has 0 fully saturated rings. The molecule has 366 valence electrons. The van der Waals surface area contributed by atoms with Crippen molar-refractivity contribution >= 4 is 34.4 Å². The van der Waals surface area contributed by atoms with E-state index in [2.05, 4.69) is 29.6 Å². The van der Waals surface area contributed by atoms with Gasteiger partial charge >= 0.3 is 19.1 Å². The van der Waals surface area contributed by atoms with Gasteiger partial charge in [0.2, 0.25) is 11.5 Å². The van der Waals surface area contributed by atoms with Crippen LogP contribution in [0.25, 0.3) is 0 Å². The van der Waals surface area contributed by atoms with E-state index >= 15 is 0 Å². The first-order valence-electron chi connectivity index (χ1n) is 17.9. The summed E-state index contributed by atoms with van der Waals surface area (Å²) in [5, 5.41) is 17.9. The van der Waals surface area contributed by atoms with Gasteiger partial charge in [0.15, 0.2) is 23.0 Å². The Morgan fingerprint density at radius 3 is 1.03 bits per heavy atom.